The third kappa shape index (κ3) is 3.70. The van der Waals surface area contributed by atoms with Crippen molar-refractivity contribution in [1.82, 2.24) is 15.8 Å². The largest absolute Gasteiger partial charge is 0.493 e. The molecular weight excluding hydrogens is 390 g/mol. The van der Waals surface area contributed by atoms with Crippen LogP contribution >= 0.6 is 0 Å². The van der Waals surface area contributed by atoms with Crippen molar-refractivity contribution in [2.45, 2.75) is 44.2 Å². The van der Waals surface area contributed by atoms with Gasteiger partial charge in [-0.1, -0.05) is 31.4 Å². The van der Waals surface area contributed by atoms with Gasteiger partial charge in [-0.2, -0.15) is 5.01 Å². The summed E-state index contributed by atoms with van der Waals surface area (Å²) in [6.07, 6.45) is 3.91. The van der Waals surface area contributed by atoms with E-state index in [2.05, 4.69) is 10.7 Å². The van der Waals surface area contributed by atoms with E-state index in [4.69, 9.17) is 13.9 Å². The molecule has 0 bridgehead atoms. The Morgan fingerprint density at radius 3 is 2.60 bits per heavy atom. The minimum Gasteiger partial charge on any atom is -0.493 e. The Bertz CT molecular complexity index is 963. The molecule has 1 aromatic carbocycles. The van der Waals surface area contributed by atoms with Crippen molar-refractivity contribution in [3.05, 3.63) is 47.9 Å². The molecule has 4 rings (SSSR count). The van der Waals surface area contributed by atoms with Gasteiger partial charge >= 0.3 is 11.9 Å². The fraction of sp³-hybridized carbons (Fsp3) is 0.381. The zero-order valence-corrected chi connectivity index (χ0v) is 16.6. The van der Waals surface area contributed by atoms with Crippen molar-refractivity contribution in [3.63, 3.8) is 0 Å². The number of imide groups is 1. The van der Waals surface area contributed by atoms with Crippen LogP contribution in [0, 0.1) is 0 Å². The molecular formula is C21H23N3O6. The number of carbonyl (C=O) groups is 3. The Balaban J connectivity index is 1.38. The Labute approximate surface area is 173 Å². The molecule has 2 aromatic rings. The second kappa shape index (κ2) is 8.10. The second-order valence-corrected chi connectivity index (χ2v) is 7.36. The van der Waals surface area contributed by atoms with Crippen LogP contribution in [0.5, 0.6) is 11.5 Å². The molecule has 0 radical (unpaired) electrons. The molecule has 2 N–H and O–H groups in total. The van der Waals surface area contributed by atoms with Crippen LogP contribution in [0.3, 0.4) is 0 Å². The summed E-state index contributed by atoms with van der Waals surface area (Å²) in [5, 5.41) is 3.49. The smallest absolute Gasteiger partial charge is 0.344 e. The molecule has 2 heterocycles. The van der Waals surface area contributed by atoms with E-state index in [1.54, 1.807) is 25.3 Å². The highest BCUT2D eigenvalue weighted by molar-refractivity contribution is 6.09. The number of para-hydroxylation sites is 2. The number of hydrazine groups is 1. The van der Waals surface area contributed by atoms with Crippen molar-refractivity contribution in [1.29, 1.82) is 0 Å². The van der Waals surface area contributed by atoms with Crippen LogP contribution in [0.1, 0.15) is 48.4 Å². The zero-order valence-electron chi connectivity index (χ0n) is 16.6. The molecule has 0 atom stereocenters. The lowest BCUT2D eigenvalue weighted by Gasteiger charge is -2.30. The summed E-state index contributed by atoms with van der Waals surface area (Å²) in [4.78, 5) is 37.5. The molecule has 9 heteroatoms. The molecule has 0 unspecified atom stereocenters. The number of nitrogens with zero attached hydrogens (tertiary/aromatic N) is 1. The average Bonchev–Trinajstić information content (AvgIpc) is 3.32. The van der Waals surface area contributed by atoms with Crippen LogP contribution in [0.4, 0.5) is 4.79 Å². The van der Waals surface area contributed by atoms with E-state index in [1.165, 1.54) is 6.07 Å². The molecule has 158 valence electrons. The molecule has 1 spiro atoms. The predicted molar refractivity (Wildman–Crippen MR) is 105 cm³/mol. The third-order valence-electron chi connectivity index (χ3n) is 5.41. The topological polar surface area (TPSA) is 110 Å². The number of carbonyl (C=O) groups excluding carboxylic acids is 3. The van der Waals surface area contributed by atoms with Gasteiger partial charge in [-0.15, -0.1) is 0 Å². The SMILES string of the molecule is COc1ccccc1OCc1ccc(C(=O)NN2C(=O)NC3(CCCCC3)C2=O)o1. The number of ether oxygens (including phenoxy) is 2. The van der Waals surface area contributed by atoms with Crippen LogP contribution in [0.15, 0.2) is 40.8 Å². The quantitative estimate of drug-likeness (QED) is 0.705. The van der Waals surface area contributed by atoms with Gasteiger partial charge in [0.05, 0.1) is 7.11 Å². The van der Waals surface area contributed by atoms with Crippen molar-refractivity contribution in [2.24, 2.45) is 0 Å². The zero-order chi connectivity index (χ0) is 21.1. The lowest BCUT2D eigenvalue weighted by Crippen LogP contribution is -2.50. The summed E-state index contributed by atoms with van der Waals surface area (Å²) in [7, 11) is 1.55. The number of nitrogens with one attached hydrogen (secondary N) is 2. The molecule has 9 nitrogen and oxygen atoms in total. The molecule has 2 fully saturated rings. The van der Waals surface area contributed by atoms with Crippen molar-refractivity contribution in [2.75, 3.05) is 7.11 Å². The van der Waals surface area contributed by atoms with E-state index >= 15 is 0 Å². The fourth-order valence-corrected chi connectivity index (χ4v) is 3.84. The number of benzene rings is 1. The van der Waals surface area contributed by atoms with E-state index in [9.17, 15) is 14.4 Å². The van der Waals surface area contributed by atoms with Crippen LogP contribution in [-0.2, 0) is 11.4 Å². The number of amides is 4. The molecule has 1 aliphatic heterocycles. The lowest BCUT2D eigenvalue weighted by atomic mass is 9.82. The number of rotatable bonds is 6. The minimum atomic E-state index is -0.903. The molecule has 1 saturated heterocycles. The summed E-state index contributed by atoms with van der Waals surface area (Å²) >= 11 is 0. The van der Waals surface area contributed by atoms with Gasteiger partial charge in [-0.3, -0.25) is 9.59 Å². The fourth-order valence-electron chi connectivity index (χ4n) is 3.84. The van der Waals surface area contributed by atoms with Crippen LogP contribution in [0.25, 0.3) is 0 Å². The Morgan fingerprint density at radius 1 is 1.13 bits per heavy atom. The highest BCUT2D eigenvalue weighted by Gasteiger charge is 2.52. The van der Waals surface area contributed by atoms with Crippen LogP contribution in [-0.4, -0.2) is 35.5 Å². The van der Waals surface area contributed by atoms with Gasteiger partial charge in [0.2, 0.25) is 0 Å². The minimum absolute atomic E-state index is 0.0289. The van der Waals surface area contributed by atoms with Crippen LogP contribution < -0.4 is 20.2 Å². The molecule has 1 saturated carbocycles. The third-order valence-corrected chi connectivity index (χ3v) is 5.41. The van der Waals surface area contributed by atoms with Gasteiger partial charge < -0.3 is 19.2 Å². The normalized spacial score (nSPS) is 17.7. The van der Waals surface area contributed by atoms with Crippen molar-refractivity contribution < 1.29 is 28.3 Å². The molecule has 4 amide bonds. The summed E-state index contributed by atoms with van der Waals surface area (Å²) in [6, 6.07) is 9.61. The van der Waals surface area contributed by atoms with E-state index < -0.39 is 23.4 Å². The van der Waals surface area contributed by atoms with Gasteiger partial charge in [0, 0.05) is 0 Å². The van der Waals surface area contributed by atoms with E-state index in [0.29, 0.717) is 30.1 Å². The van der Waals surface area contributed by atoms with Gasteiger partial charge in [0.15, 0.2) is 17.3 Å². The maximum absolute atomic E-state index is 12.7. The summed E-state index contributed by atoms with van der Waals surface area (Å²) in [5.74, 6) is 0.393. The summed E-state index contributed by atoms with van der Waals surface area (Å²) < 4.78 is 16.4. The average molecular weight is 413 g/mol. The Morgan fingerprint density at radius 2 is 1.87 bits per heavy atom. The van der Waals surface area contributed by atoms with Gasteiger partial charge in [0.25, 0.3) is 5.91 Å². The Hall–Kier alpha value is -3.49. The summed E-state index contributed by atoms with van der Waals surface area (Å²) in [5.41, 5.74) is 1.45. The maximum Gasteiger partial charge on any atom is 0.344 e. The molecule has 1 aliphatic carbocycles. The first-order valence-corrected chi connectivity index (χ1v) is 9.85. The van der Waals surface area contributed by atoms with Crippen molar-refractivity contribution in [3.8, 4) is 11.5 Å². The van der Waals surface area contributed by atoms with E-state index in [1.807, 2.05) is 12.1 Å². The second-order valence-electron chi connectivity index (χ2n) is 7.36. The van der Waals surface area contributed by atoms with Gasteiger partial charge in [-0.25, -0.2) is 10.2 Å². The predicted octanol–water partition coefficient (Wildman–Crippen LogP) is 2.77. The first-order valence-electron chi connectivity index (χ1n) is 9.85. The highest BCUT2D eigenvalue weighted by Crippen LogP contribution is 2.33. The number of methoxy groups -OCH3 is 1. The molecule has 2 aliphatic rings. The number of urea groups is 1. The number of hydrogen-bond acceptors (Lipinski definition) is 6. The summed E-state index contributed by atoms with van der Waals surface area (Å²) in [6.45, 7) is 0.0832. The Kier molecular flexibility index (Phi) is 5.35. The molecule has 30 heavy (non-hydrogen) atoms. The maximum atomic E-state index is 12.7. The van der Waals surface area contributed by atoms with E-state index in [0.717, 1.165) is 24.3 Å². The highest BCUT2D eigenvalue weighted by atomic mass is 16.5. The van der Waals surface area contributed by atoms with Crippen LogP contribution in [0.2, 0.25) is 0 Å². The van der Waals surface area contributed by atoms with Crippen molar-refractivity contribution >= 4 is 17.8 Å². The number of furan rings is 1. The van der Waals surface area contributed by atoms with E-state index in [-0.39, 0.29) is 12.4 Å². The van der Waals surface area contributed by atoms with Gasteiger partial charge in [0.1, 0.15) is 17.9 Å². The lowest BCUT2D eigenvalue weighted by molar-refractivity contribution is -0.134. The standard InChI is InChI=1S/C21H23N3O6/c1-28-15-7-3-4-8-16(15)29-13-14-9-10-17(30-14)18(25)23-24-19(26)21(22-20(24)27)11-5-2-6-12-21/h3-4,7-10H,2,5-6,11-13H2,1H3,(H,22,27)(H,23,25). The monoisotopic (exact) mass is 413 g/mol. The van der Waals surface area contributed by atoms with Gasteiger partial charge in [-0.05, 0) is 37.1 Å². The number of hydrogen-bond donors (Lipinski definition) is 2. The molecule has 1 aromatic heterocycles. The first-order chi connectivity index (χ1) is 14.5. The first kappa shape index (κ1) is 19.8.